The molecular weight excluding hydrogens is 502 g/mol. The summed E-state index contributed by atoms with van der Waals surface area (Å²) in [5.74, 6) is 1.05. The van der Waals surface area contributed by atoms with Crippen LogP contribution in [-0.4, -0.2) is 45.4 Å². The highest BCUT2D eigenvalue weighted by molar-refractivity contribution is 14.0. The maximum Gasteiger partial charge on any atom is 0.422 e. The van der Waals surface area contributed by atoms with Gasteiger partial charge in [-0.1, -0.05) is 12.1 Å². The molecule has 0 atom stereocenters. The summed E-state index contributed by atoms with van der Waals surface area (Å²) in [5, 5.41) is 14.3. The van der Waals surface area contributed by atoms with Gasteiger partial charge in [-0.25, -0.2) is 4.98 Å². The Morgan fingerprint density at radius 3 is 2.69 bits per heavy atom. The Kier molecular flexibility index (Phi) is 7.99. The summed E-state index contributed by atoms with van der Waals surface area (Å²) in [7, 11) is 1.58. The minimum absolute atomic E-state index is 0. The summed E-state index contributed by atoms with van der Waals surface area (Å²) < 4.78 is 43.7. The summed E-state index contributed by atoms with van der Waals surface area (Å²) in [4.78, 5) is 7.96. The highest BCUT2D eigenvalue weighted by Gasteiger charge is 2.29. The lowest BCUT2D eigenvalue weighted by Gasteiger charge is -2.14. The Bertz CT molecular complexity index is 961. The maximum absolute atomic E-state index is 12.4. The van der Waals surface area contributed by atoms with E-state index >= 15 is 0 Å². The van der Waals surface area contributed by atoms with Gasteiger partial charge in [0.15, 0.2) is 24.0 Å². The van der Waals surface area contributed by atoms with Crippen molar-refractivity contribution in [3.8, 4) is 5.88 Å². The number of halogens is 4. The number of pyridine rings is 2. The fourth-order valence-electron chi connectivity index (χ4n) is 2.41. The Morgan fingerprint density at radius 2 is 1.93 bits per heavy atom. The van der Waals surface area contributed by atoms with E-state index in [0.717, 1.165) is 5.65 Å². The number of nitrogens with zero attached hydrogens (tertiary/aromatic N) is 5. The average molecular weight is 521 g/mol. The molecule has 0 aliphatic rings. The van der Waals surface area contributed by atoms with Crippen LogP contribution < -0.4 is 15.4 Å². The molecule has 0 saturated carbocycles. The van der Waals surface area contributed by atoms with Gasteiger partial charge in [-0.05, 0) is 18.2 Å². The van der Waals surface area contributed by atoms with Crippen molar-refractivity contribution in [1.82, 2.24) is 30.2 Å². The predicted molar refractivity (Wildman–Crippen MR) is 111 cm³/mol. The van der Waals surface area contributed by atoms with Crippen LogP contribution in [0, 0.1) is 0 Å². The van der Waals surface area contributed by atoms with Crippen LogP contribution in [0.5, 0.6) is 5.88 Å². The highest BCUT2D eigenvalue weighted by Crippen LogP contribution is 2.19. The predicted octanol–water partition coefficient (Wildman–Crippen LogP) is 2.55. The lowest BCUT2D eigenvalue weighted by Crippen LogP contribution is -2.37. The molecule has 3 aromatic rings. The standard InChI is InChI=1S/C17H18F3N7O.HI/c1-21-16(24-10-14-26-25-13-6-2-3-8-27(13)14)23-9-12-5-4-7-22-15(12)28-11-17(18,19)20;/h2-8H,9-11H2,1H3,(H2,21,23,24);1H. The summed E-state index contributed by atoms with van der Waals surface area (Å²) in [6, 6.07) is 8.83. The first kappa shape index (κ1) is 22.6. The molecule has 29 heavy (non-hydrogen) atoms. The minimum Gasteiger partial charge on any atom is -0.468 e. The third kappa shape index (κ3) is 6.44. The lowest BCUT2D eigenvalue weighted by molar-refractivity contribution is -0.154. The van der Waals surface area contributed by atoms with Crippen molar-refractivity contribution in [1.29, 1.82) is 0 Å². The normalized spacial score (nSPS) is 11.8. The minimum atomic E-state index is -4.43. The van der Waals surface area contributed by atoms with E-state index in [2.05, 4.69) is 30.8 Å². The Morgan fingerprint density at radius 1 is 1.14 bits per heavy atom. The number of hydrogen-bond donors (Lipinski definition) is 2. The molecule has 0 fully saturated rings. The fraction of sp³-hybridized carbons (Fsp3) is 0.294. The zero-order valence-corrected chi connectivity index (χ0v) is 17.7. The summed E-state index contributed by atoms with van der Waals surface area (Å²) in [6.07, 6.45) is -1.21. The van der Waals surface area contributed by atoms with E-state index in [1.54, 1.807) is 19.2 Å². The van der Waals surface area contributed by atoms with Crippen LogP contribution in [0.2, 0.25) is 0 Å². The summed E-state index contributed by atoms with van der Waals surface area (Å²) in [5.41, 5.74) is 1.20. The van der Waals surface area contributed by atoms with E-state index in [4.69, 9.17) is 4.74 Å². The fourth-order valence-corrected chi connectivity index (χ4v) is 2.41. The van der Waals surface area contributed by atoms with E-state index in [0.29, 0.717) is 23.9 Å². The highest BCUT2D eigenvalue weighted by atomic mass is 127. The van der Waals surface area contributed by atoms with Gasteiger partial charge in [0.05, 0.1) is 6.54 Å². The van der Waals surface area contributed by atoms with Gasteiger partial charge in [0.2, 0.25) is 5.88 Å². The Labute approximate surface area is 181 Å². The molecule has 0 saturated heterocycles. The molecule has 0 aliphatic heterocycles. The number of fused-ring (bicyclic) bond motifs is 1. The van der Waals surface area contributed by atoms with Gasteiger partial charge >= 0.3 is 6.18 Å². The second-order valence-electron chi connectivity index (χ2n) is 5.70. The van der Waals surface area contributed by atoms with Crippen molar-refractivity contribution in [3.05, 3.63) is 54.1 Å². The van der Waals surface area contributed by atoms with Crippen LogP contribution in [0.25, 0.3) is 5.65 Å². The zero-order chi connectivity index (χ0) is 20.0. The molecule has 0 aliphatic carbocycles. The number of ether oxygens (including phenoxy) is 1. The molecule has 3 rings (SSSR count). The largest absolute Gasteiger partial charge is 0.468 e. The topological polar surface area (TPSA) is 88.7 Å². The van der Waals surface area contributed by atoms with Crippen LogP contribution in [0.4, 0.5) is 13.2 Å². The number of rotatable bonds is 6. The van der Waals surface area contributed by atoms with Crippen molar-refractivity contribution in [2.24, 2.45) is 4.99 Å². The smallest absolute Gasteiger partial charge is 0.422 e. The van der Waals surface area contributed by atoms with Gasteiger partial charge in [-0.3, -0.25) is 9.39 Å². The molecular formula is C17H19F3IN7O. The second kappa shape index (κ2) is 10.2. The van der Waals surface area contributed by atoms with Crippen molar-refractivity contribution < 1.29 is 17.9 Å². The molecule has 0 spiro atoms. The molecule has 12 heteroatoms. The van der Waals surface area contributed by atoms with Gasteiger partial charge in [0.1, 0.15) is 0 Å². The van der Waals surface area contributed by atoms with Crippen LogP contribution >= 0.6 is 24.0 Å². The molecule has 0 bridgehead atoms. The van der Waals surface area contributed by atoms with Crippen LogP contribution in [0.1, 0.15) is 11.4 Å². The third-order valence-corrected chi connectivity index (χ3v) is 3.69. The molecule has 2 N–H and O–H groups in total. The molecule has 0 unspecified atom stereocenters. The van der Waals surface area contributed by atoms with Crippen molar-refractivity contribution in [2.45, 2.75) is 19.3 Å². The first-order valence-corrected chi connectivity index (χ1v) is 8.33. The van der Waals surface area contributed by atoms with Crippen LogP contribution in [-0.2, 0) is 13.1 Å². The average Bonchev–Trinajstić information content (AvgIpc) is 3.10. The van der Waals surface area contributed by atoms with Crippen molar-refractivity contribution in [3.63, 3.8) is 0 Å². The number of nitrogens with one attached hydrogen (secondary N) is 2. The first-order valence-electron chi connectivity index (χ1n) is 8.33. The second-order valence-corrected chi connectivity index (χ2v) is 5.70. The SMILES string of the molecule is CN=C(NCc1cccnc1OCC(F)(F)F)NCc1nnc2ccccn12.I. The van der Waals surface area contributed by atoms with E-state index < -0.39 is 12.8 Å². The van der Waals surface area contributed by atoms with Crippen LogP contribution in [0.15, 0.2) is 47.7 Å². The molecule has 0 aromatic carbocycles. The first-order chi connectivity index (χ1) is 13.5. The van der Waals surface area contributed by atoms with Crippen molar-refractivity contribution >= 4 is 35.6 Å². The molecule has 8 nitrogen and oxygen atoms in total. The lowest BCUT2D eigenvalue weighted by atomic mass is 10.2. The van der Waals surface area contributed by atoms with E-state index in [1.165, 1.54) is 6.20 Å². The summed E-state index contributed by atoms with van der Waals surface area (Å²) in [6.45, 7) is -0.861. The molecule has 3 aromatic heterocycles. The summed E-state index contributed by atoms with van der Waals surface area (Å²) >= 11 is 0. The molecule has 3 heterocycles. The van der Waals surface area contributed by atoms with Gasteiger partial charge in [0.25, 0.3) is 0 Å². The van der Waals surface area contributed by atoms with Gasteiger partial charge in [0, 0.05) is 31.5 Å². The molecule has 0 radical (unpaired) electrons. The number of guanidine groups is 1. The number of hydrogen-bond acceptors (Lipinski definition) is 5. The zero-order valence-electron chi connectivity index (χ0n) is 15.3. The van der Waals surface area contributed by atoms with Crippen LogP contribution in [0.3, 0.4) is 0 Å². The Hall–Kier alpha value is -2.64. The van der Waals surface area contributed by atoms with E-state index in [1.807, 2.05) is 28.8 Å². The molecule has 0 amide bonds. The number of aromatic nitrogens is 4. The molecule has 156 valence electrons. The number of aliphatic imine (C=N–C) groups is 1. The Balaban J connectivity index is 0.00000300. The van der Waals surface area contributed by atoms with E-state index in [9.17, 15) is 13.2 Å². The van der Waals surface area contributed by atoms with E-state index in [-0.39, 0.29) is 36.4 Å². The number of alkyl halides is 3. The van der Waals surface area contributed by atoms with Crippen molar-refractivity contribution in [2.75, 3.05) is 13.7 Å². The van der Waals surface area contributed by atoms with Gasteiger partial charge in [-0.2, -0.15) is 13.2 Å². The third-order valence-electron chi connectivity index (χ3n) is 3.69. The monoisotopic (exact) mass is 521 g/mol. The quantitative estimate of drug-likeness (QED) is 0.295. The maximum atomic E-state index is 12.4. The van der Waals surface area contributed by atoms with Gasteiger partial charge < -0.3 is 15.4 Å². The van der Waals surface area contributed by atoms with Gasteiger partial charge in [-0.15, -0.1) is 34.2 Å².